The van der Waals surface area contributed by atoms with Crippen LogP contribution < -0.4 is 0 Å². The summed E-state index contributed by atoms with van der Waals surface area (Å²) >= 11 is 0. The molecule has 14 heteroatoms. The topological polar surface area (TPSA) is 216 Å². The van der Waals surface area contributed by atoms with Gasteiger partial charge in [-0.1, -0.05) is 0 Å². The van der Waals surface area contributed by atoms with Gasteiger partial charge in [0.05, 0.1) is 6.61 Å². The zero-order valence-electron chi connectivity index (χ0n) is 16.1. The number of carbonyl (C=O) groups is 1. The van der Waals surface area contributed by atoms with E-state index in [4.69, 9.17) is 24.4 Å². The van der Waals surface area contributed by atoms with E-state index in [-0.39, 0.29) is 40.6 Å². The molecule has 0 spiro atoms. The molecule has 27 heavy (non-hydrogen) atoms. The van der Waals surface area contributed by atoms with Crippen LogP contribution in [0, 0.1) is 0 Å². The summed E-state index contributed by atoms with van der Waals surface area (Å²) in [7, 11) is 0. The molecule has 2 saturated heterocycles. The smallest absolute Gasteiger partial charge is 1.00 e. The van der Waals surface area contributed by atoms with Crippen molar-refractivity contribution in [3.63, 3.8) is 0 Å². The molecule has 9 atom stereocenters. The van der Waals surface area contributed by atoms with Crippen LogP contribution in [-0.4, -0.2) is 159 Å². The first kappa shape index (κ1) is 25.2. The van der Waals surface area contributed by atoms with Gasteiger partial charge in [0, 0.05) is 0 Å². The summed E-state index contributed by atoms with van der Waals surface area (Å²) in [6.07, 6.45) is -15.1. The minimum absolute atomic E-state index is 0. The predicted octanol–water partition coefficient (Wildman–Crippen LogP) is -4.85. The third-order valence-corrected chi connectivity index (χ3v) is 4.26. The maximum Gasteiger partial charge on any atom is 2.00 e. The van der Waals surface area contributed by atoms with Gasteiger partial charge >= 0.3 is 43.9 Å². The number of aliphatic hydroxyl groups is 7. The van der Waals surface area contributed by atoms with Crippen LogP contribution in [0.5, 0.6) is 0 Å². The fourth-order valence-corrected chi connectivity index (χ4v) is 2.77. The van der Waals surface area contributed by atoms with Crippen molar-refractivity contribution in [2.45, 2.75) is 54.8 Å². The van der Waals surface area contributed by atoms with Crippen LogP contribution in [0.25, 0.3) is 0 Å². The van der Waals surface area contributed by atoms with Crippen molar-refractivity contribution in [2.24, 2.45) is 0 Å². The Kier molecular flexibility index (Phi) is 9.55. The van der Waals surface area contributed by atoms with E-state index in [2.05, 4.69) is 4.74 Å². The van der Waals surface area contributed by atoms with Gasteiger partial charge < -0.3 is 62.7 Å². The van der Waals surface area contributed by atoms with Gasteiger partial charge in [-0.3, -0.25) is 0 Å². The van der Waals surface area contributed by atoms with Gasteiger partial charge in [-0.25, -0.2) is 4.79 Å². The Morgan fingerprint density at radius 2 is 1.63 bits per heavy atom. The standard InChI is InChI=1S/C13H22O13.Ca.2H/c14-1-4-7(17)10(20)13(3-15,25-4)26-11-9(19)8(18)6(16)5(24-11)2-23-12(21)22;;;/h4-11,14-20H,1-3H2,(H,21,22);;;/q;+2;2*-1/t4-,5-,6-,7-,8+,9-,10+,11-,13+;;;/m1.../s1. The fraction of sp³-hybridized carbons (Fsp3) is 0.923. The summed E-state index contributed by atoms with van der Waals surface area (Å²) in [6, 6.07) is 0. The van der Waals surface area contributed by atoms with Crippen LogP contribution in [0.15, 0.2) is 0 Å². The summed E-state index contributed by atoms with van der Waals surface area (Å²) in [4.78, 5) is 10.5. The van der Waals surface area contributed by atoms with Crippen molar-refractivity contribution in [2.75, 3.05) is 19.8 Å². The molecule has 13 nitrogen and oxygen atoms in total. The number of rotatable bonds is 6. The zero-order chi connectivity index (χ0) is 19.6. The Bertz CT molecular complexity index is 505. The minimum Gasteiger partial charge on any atom is -1.00 e. The molecule has 0 bridgehead atoms. The Morgan fingerprint density at radius 3 is 2.11 bits per heavy atom. The molecule has 0 amide bonds. The number of ether oxygens (including phenoxy) is 4. The molecule has 0 saturated carbocycles. The first-order valence-electron chi connectivity index (χ1n) is 7.65. The fourth-order valence-electron chi connectivity index (χ4n) is 2.77. The molecule has 2 heterocycles. The van der Waals surface area contributed by atoms with E-state index in [1.165, 1.54) is 0 Å². The molecular weight excluding hydrogens is 404 g/mol. The van der Waals surface area contributed by atoms with E-state index in [1.54, 1.807) is 0 Å². The second kappa shape index (κ2) is 10.2. The van der Waals surface area contributed by atoms with E-state index in [1.807, 2.05) is 0 Å². The van der Waals surface area contributed by atoms with Gasteiger partial charge in [-0.2, -0.15) is 0 Å². The van der Waals surface area contributed by atoms with Gasteiger partial charge in [0.2, 0.25) is 5.79 Å². The summed E-state index contributed by atoms with van der Waals surface area (Å²) in [6.45, 7) is -2.45. The summed E-state index contributed by atoms with van der Waals surface area (Å²) in [5.74, 6) is -2.31. The van der Waals surface area contributed by atoms with Crippen LogP contribution >= 0.6 is 0 Å². The molecule has 0 aliphatic carbocycles. The van der Waals surface area contributed by atoms with E-state index < -0.39 is 80.8 Å². The zero-order valence-corrected chi connectivity index (χ0v) is 16.3. The van der Waals surface area contributed by atoms with Crippen molar-refractivity contribution in [1.82, 2.24) is 0 Å². The number of aliphatic hydroxyl groups excluding tert-OH is 7. The molecule has 0 unspecified atom stereocenters. The van der Waals surface area contributed by atoms with Gasteiger partial charge in [0.1, 0.15) is 55.9 Å². The van der Waals surface area contributed by atoms with Crippen molar-refractivity contribution in [3.05, 3.63) is 0 Å². The molecule has 0 aromatic heterocycles. The quantitative estimate of drug-likeness (QED) is 0.147. The summed E-state index contributed by atoms with van der Waals surface area (Å²) in [5, 5.41) is 76.7. The summed E-state index contributed by atoms with van der Waals surface area (Å²) < 4.78 is 19.8. The van der Waals surface area contributed by atoms with Crippen molar-refractivity contribution in [1.29, 1.82) is 0 Å². The third kappa shape index (κ3) is 5.19. The Morgan fingerprint density at radius 1 is 1.00 bits per heavy atom. The molecule has 156 valence electrons. The maximum absolute atomic E-state index is 10.5. The molecule has 2 aliphatic heterocycles. The Labute approximate surface area is 185 Å². The van der Waals surface area contributed by atoms with Gasteiger partial charge in [-0.15, -0.1) is 0 Å². The minimum atomic E-state index is -2.31. The molecule has 8 N–H and O–H groups in total. The predicted molar refractivity (Wildman–Crippen MR) is 83.5 cm³/mol. The van der Waals surface area contributed by atoms with E-state index in [9.17, 15) is 35.4 Å². The van der Waals surface area contributed by atoms with Crippen LogP contribution in [0.2, 0.25) is 0 Å². The van der Waals surface area contributed by atoms with Gasteiger partial charge in [-0.05, 0) is 0 Å². The second-order valence-corrected chi connectivity index (χ2v) is 5.95. The van der Waals surface area contributed by atoms with Crippen LogP contribution in [0.3, 0.4) is 0 Å². The van der Waals surface area contributed by atoms with E-state index in [0.717, 1.165) is 0 Å². The number of hydrogen-bond acceptors (Lipinski definition) is 12. The van der Waals surface area contributed by atoms with Crippen LogP contribution in [0.1, 0.15) is 2.85 Å². The van der Waals surface area contributed by atoms with Crippen LogP contribution in [0.4, 0.5) is 4.79 Å². The van der Waals surface area contributed by atoms with Crippen molar-refractivity contribution in [3.8, 4) is 0 Å². The average Bonchev–Trinajstić information content (AvgIpc) is 2.86. The average molecular weight is 428 g/mol. The SMILES string of the molecule is O=C(O)OC[C@H]1O[C@H](O[C@]2(CO)O[C@H](CO)[C@@H](O)[C@@H]2O)[C@H](O)[C@@H](O)[C@@H]1O.[Ca+2].[H-].[H-]. The Balaban J connectivity index is 0. The first-order chi connectivity index (χ1) is 12.2. The van der Waals surface area contributed by atoms with E-state index in [0.29, 0.717) is 0 Å². The normalized spacial score (nSPS) is 44.6. The largest absolute Gasteiger partial charge is 2.00 e. The monoisotopic (exact) mass is 428 g/mol. The molecule has 2 aliphatic rings. The third-order valence-electron chi connectivity index (χ3n) is 4.26. The molecule has 0 aromatic carbocycles. The van der Waals surface area contributed by atoms with Crippen molar-refractivity contribution >= 4 is 43.9 Å². The van der Waals surface area contributed by atoms with E-state index >= 15 is 0 Å². The molecule has 2 rings (SSSR count). The molecule has 0 aromatic rings. The van der Waals surface area contributed by atoms with Crippen molar-refractivity contribution < 1.29 is 67.4 Å². The number of carboxylic acid groups (broad SMARTS) is 1. The molecular formula is C13H24CaO13. The van der Waals surface area contributed by atoms with Gasteiger partial charge in [0.15, 0.2) is 6.29 Å². The van der Waals surface area contributed by atoms with Gasteiger partial charge in [0.25, 0.3) is 0 Å². The molecule has 2 fully saturated rings. The molecule has 0 radical (unpaired) electrons. The van der Waals surface area contributed by atoms with Crippen LogP contribution in [-0.2, 0) is 18.9 Å². The number of hydrogen-bond donors (Lipinski definition) is 8. The Hall–Kier alpha value is 0.130. The summed E-state index contributed by atoms with van der Waals surface area (Å²) in [5.41, 5.74) is 0. The maximum atomic E-state index is 10.5. The first-order valence-corrected chi connectivity index (χ1v) is 7.65. The second-order valence-electron chi connectivity index (χ2n) is 5.95.